The Labute approximate surface area is 332 Å². The standard InChI is InChI=1S/C42H48Cl2N6O5/c1-50(30-14-10-25(11-15-30)42(52)53)24-28-18-35(43)27(19-38(28)54-2)22-47-36-9-5-6-31(34(36)20-45)32-7-4-8-33(40(32)44)37-16-12-26(41(49-37)55-3)21-46-23-29-13-17-39(51)48-29/h4-9,12,16,18-20,25,29-30,45-47H,10-11,13-15,17,21-24H2,1-3H3,(H,48,51)(H,52,53). The average Bonchev–Trinajstić information content (AvgIpc) is 3.62. The zero-order chi connectivity index (χ0) is 39.1. The zero-order valence-corrected chi connectivity index (χ0v) is 32.9. The largest absolute Gasteiger partial charge is 0.496 e. The van der Waals surface area contributed by atoms with E-state index < -0.39 is 5.97 Å². The van der Waals surface area contributed by atoms with Gasteiger partial charge in [0.2, 0.25) is 11.8 Å². The third-order valence-electron chi connectivity index (χ3n) is 10.7. The maximum absolute atomic E-state index is 11.5. The third-order valence-corrected chi connectivity index (χ3v) is 11.5. The normalized spacial score (nSPS) is 18.2. The molecule has 1 aliphatic carbocycles. The van der Waals surface area contributed by atoms with E-state index >= 15 is 0 Å². The molecule has 1 atom stereocenters. The van der Waals surface area contributed by atoms with Crippen molar-refractivity contribution in [2.45, 2.75) is 70.2 Å². The first-order chi connectivity index (χ1) is 26.6. The predicted molar refractivity (Wildman–Crippen MR) is 218 cm³/mol. The molecule has 290 valence electrons. The van der Waals surface area contributed by atoms with E-state index in [2.05, 4.69) is 27.9 Å². The summed E-state index contributed by atoms with van der Waals surface area (Å²) < 4.78 is 11.5. The molecule has 0 spiro atoms. The van der Waals surface area contributed by atoms with Crippen LogP contribution in [0.1, 0.15) is 60.8 Å². The predicted octanol–water partition coefficient (Wildman–Crippen LogP) is 7.79. The molecule has 55 heavy (non-hydrogen) atoms. The Morgan fingerprint density at radius 3 is 2.40 bits per heavy atom. The van der Waals surface area contributed by atoms with E-state index in [-0.39, 0.29) is 17.9 Å². The maximum atomic E-state index is 11.5. The molecule has 5 N–H and O–H groups in total. The lowest BCUT2D eigenvalue weighted by molar-refractivity contribution is -0.143. The zero-order valence-electron chi connectivity index (χ0n) is 31.4. The van der Waals surface area contributed by atoms with Crippen LogP contribution in [0.15, 0.2) is 60.7 Å². The van der Waals surface area contributed by atoms with Crippen LogP contribution in [0.25, 0.3) is 22.4 Å². The molecule has 2 heterocycles. The highest BCUT2D eigenvalue weighted by molar-refractivity contribution is 6.36. The summed E-state index contributed by atoms with van der Waals surface area (Å²) in [6.07, 6.45) is 5.78. The van der Waals surface area contributed by atoms with Crippen LogP contribution in [0.2, 0.25) is 10.0 Å². The minimum atomic E-state index is -0.702. The highest BCUT2D eigenvalue weighted by Gasteiger charge is 2.28. The molecule has 0 radical (unpaired) electrons. The molecule has 2 aliphatic rings. The second-order valence-corrected chi connectivity index (χ2v) is 15.0. The summed E-state index contributed by atoms with van der Waals surface area (Å²) in [4.78, 5) is 30.0. The Morgan fingerprint density at radius 1 is 0.964 bits per heavy atom. The van der Waals surface area contributed by atoms with Crippen LogP contribution in [0.3, 0.4) is 0 Å². The molecule has 1 aliphatic heterocycles. The van der Waals surface area contributed by atoms with Crippen LogP contribution in [-0.2, 0) is 29.2 Å². The van der Waals surface area contributed by atoms with Crippen molar-refractivity contribution in [3.05, 3.63) is 93.0 Å². The number of benzene rings is 3. The molecule has 11 nitrogen and oxygen atoms in total. The van der Waals surface area contributed by atoms with Crippen LogP contribution >= 0.6 is 23.2 Å². The number of carbonyl (C=O) groups is 2. The van der Waals surface area contributed by atoms with E-state index in [0.29, 0.717) is 78.7 Å². The first kappa shape index (κ1) is 40.0. The van der Waals surface area contributed by atoms with Crippen molar-refractivity contribution in [3.63, 3.8) is 0 Å². The lowest BCUT2D eigenvalue weighted by Crippen LogP contribution is -2.36. The fraction of sp³-hybridized carbons (Fsp3) is 0.381. The lowest BCUT2D eigenvalue weighted by Gasteiger charge is -2.33. The summed E-state index contributed by atoms with van der Waals surface area (Å²) in [6.45, 7) is 2.23. The highest BCUT2D eigenvalue weighted by Crippen LogP contribution is 2.40. The number of ether oxygens (including phenoxy) is 2. The van der Waals surface area contributed by atoms with Gasteiger partial charge in [-0.05, 0) is 74.5 Å². The minimum absolute atomic E-state index is 0.0914. The summed E-state index contributed by atoms with van der Waals surface area (Å²) in [5, 5.41) is 28.7. The van der Waals surface area contributed by atoms with Gasteiger partial charge < -0.3 is 35.9 Å². The van der Waals surface area contributed by atoms with Gasteiger partial charge in [0.25, 0.3) is 0 Å². The van der Waals surface area contributed by atoms with E-state index in [9.17, 15) is 14.7 Å². The average molecular weight is 788 g/mol. The van der Waals surface area contributed by atoms with Gasteiger partial charge in [-0.25, -0.2) is 4.98 Å². The van der Waals surface area contributed by atoms with Gasteiger partial charge in [0.05, 0.1) is 30.9 Å². The summed E-state index contributed by atoms with van der Waals surface area (Å²) in [5.41, 5.74) is 7.06. The van der Waals surface area contributed by atoms with Gasteiger partial charge in [0, 0.05) is 89.4 Å². The fourth-order valence-corrected chi connectivity index (χ4v) is 8.20. The number of carbonyl (C=O) groups excluding carboxylic acids is 1. The third kappa shape index (κ3) is 9.41. The van der Waals surface area contributed by atoms with Crippen molar-refractivity contribution in [1.82, 2.24) is 20.5 Å². The monoisotopic (exact) mass is 786 g/mol. The number of halogens is 2. The molecule has 4 aromatic rings. The van der Waals surface area contributed by atoms with Gasteiger partial charge in [0.1, 0.15) is 5.75 Å². The van der Waals surface area contributed by atoms with Crippen molar-refractivity contribution in [1.29, 1.82) is 5.41 Å². The second-order valence-electron chi connectivity index (χ2n) is 14.2. The molecule has 3 aromatic carbocycles. The van der Waals surface area contributed by atoms with E-state index in [0.717, 1.165) is 64.1 Å². The number of aliphatic carboxylic acids is 1. The van der Waals surface area contributed by atoms with Crippen LogP contribution in [0, 0.1) is 11.3 Å². The maximum Gasteiger partial charge on any atom is 0.306 e. The smallest absolute Gasteiger partial charge is 0.306 e. The second kappa shape index (κ2) is 18.3. The number of carboxylic acid groups (broad SMARTS) is 1. The Kier molecular flexibility index (Phi) is 13.3. The van der Waals surface area contributed by atoms with Gasteiger partial charge >= 0.3 is 5.97 Å². The molecule has 2 fully saturated rings. The number of carboxylic acids is 1. The number of amides is 1. The molecule has 1 aromatic heterocycles. The Morgan fingerprint density at radius 2 is 1.71 bits per heavy atom. The quantitative estimate of drug-likeness (QED) is 0.0718. The van der Waals surface area contributed by atoms with E-state index in [4.69, 9.17) is 43.1 Å². The fourth-order valence-electron chi connectivity index (χ4n) is 7.63. The van der Waals surface area contributed by atoms with Crippen molar-refractivity contribution in [2.24, 2.45) is 5.92 Å². The van der Waals surface area contributed by atoms with Crippen molar-refractivity contribution in [2.75, 3.05) is 33.1 Å². The number of aromatic nitrogens is 1. The molecule has 1 saturated carbocycles. The van der Waals surface area contributed by atoms with Crippen LogP contribution in [0.5, 0.6) is 11.6 Å². The van der Waals surface area contributed by atoms with Gasteiger partial charge in [0.15, 0.2) is 0 Å². The van der Waals surface area contributed by atoms with E-state index in [1.807, 2.05) is 60.7 Å². The molecular formula is C42H48Cl2N6O5. The number of anilines is 1. The molecule has 0 bridgehead atoms. The first-order valence-corrected chi connectivity index (χ1v) is 19.3. The van der Waals surface area contributed by atoms with Crippen LogP contribution in [0.4, 0.5) is 5.69 Å². The number of nitrogens with zero attached hydrogens (tertiary/aromatic N) is 2. The first-order valence-electron chi connectivity index (χ1n) is 18.6. The highest BCUT2D eigenvalue weighted by atomic mass is 35.5. The van der Waals surface area contributed by atoms with Crippen LogP contribution in [-0.4, -0.2) is 73.0 Å². The SMILES string of the molecule is COc1cc(CNc2cccc(-c3cccc(-c4ccc(CNCC5CCC(=O)N5)c(OC)n4)c3Cl)c2C=N)c(Cl)cc1CN(C)C1CCC(C(=O)O)CC1. The van der Waals surface area contributed by atoms with Crippen LogP contribution < -0.4 is 25.4 Å². The number of pyridine rings is 1. The van der Waals surface area contributed by atoms with Gasteiger partial charge in [-0.3, -0.25) is 14.5 Å². The Hall–Kier alpha value is -4.68. The number of hydrogen-bond donors (Lipinski definition) is 5. The molecule has 13 heteroatoms. The van der Waals surface area contributed by atoms with Crippen molar-refractivity contribution in [3.8, 4) is 34.0 Å². The Balaban J connectivity index is 1.16. The van der Waals surface area contributed by atoms with Gasteiger partial charge in [-0.15, -0.1) is 0 Å². The Bertz CT molecular complexity index is 2040. The number of hydrogen-bond acceptors (Lipinski definition) is 9. The molecular weight excluding hydrogens is 739 g/mol. The van der Waals surface area contributed by atoms with E-state index in [1.54, 1.807) is 14.2 Å². The molecule has 6 rings (SSSR count). The summed E-state index contributed by atoms with van der Waals surface area (Å²) in [6, 6.07) is 19.8. The van der Waals surface area contributed by atoms with Crippen molar-refractivity contribution < 1.29 is 24.2 Å². The molecule has 1 unspecified atom stereocenters. The summed E-state index contributed by atoms with van der Waals surface area (Å²) in [7, 11) is 5.30. The molecule has 1 amide bonds. The van der Waals surface area contributed by atoms with Crippen molar-refractivity contribution >= 4 is 47.0 Å². The minimum Gasteiger partial charge on any atom is -0.496 e. The number of rotatable bonds is 16. The lowest BCUT2D eigenvalue weighted by atomic mass is 9.85. The van der Waals surface area contributed by atoms with Gasteiger partial charge in [-0.1, -0.05) is 59.6 Å². The topological polar surface area (TPSA) is 149 Å². The van der Waals surface area contributed by atoms with E-state index in [1.165, 1.54) is 6.21 Å². The van der Waals surface area contributed by atoms with Gasteiger partial charge in [-0.2, -0.15) is 0 Å². The summed E-state index contributed by atoms with van der Waals surface area (Å²) in [5.74, 6) is 0.352. The number of nitrogens with one attached hydrogen (secondary N) is 4. The number of methoxy groups -OCH3 is 2. The molecule has 1 saturated heterocycles. The summed E-state index contributed by atoms with van der Waals surface area (Å²) >= 11 is 14.0.